The normalized spacial score (nSPS) is 10.4. The van der Waals surface area contributed by atoms with Crippen LogP contribution in [0.4, 0.5) is 5.69 Å². The summed E-state index contributed by atoms with van der Waals surface area (Å²) in [5.41, 5.74) is 0.614. The van der Waals surface area contributed by atoms with Crippen molar-refractivity contribution in [2.24, 2.45) is 0 Å². The zero-order valence-electron chi connectivity index (χ0n) is 11.2. The van der Waals surface area contributed by atoms with Crippen LogP contribution in [0.15, 0.2) is 23.1 Å². The number of carbonyl (C=O) groups excluding carboxylic acids is 1. The van der Waals surface area contributed by atoms with Crippen LogP contribution in [-0.2, 0) is 4.74 Å². The lowest BCUT2D eigenvalue weighted by Crippen LogP contribution is -2.05. The van der Waals surface area contributed by atoms with Crippen molar-refractivity contribution in [2.75, 3.05) is 6.61 Å². The summed E-state index contributed by atoms with van der Waals surface area (Å²) >= 11 is 3.27. The number of pyridine rings is 1. The van der Waals surface area contributed by atoms with Crippen molar-refractivity contribution in [1.82, 2.24) is 14.8 Å². The smallest absolute Gasteiger partial charge is 0.341 e. The molecule has 2 aromatic rings. The van der Waals surface area contributed by atoms with Gasteiger partial charge >= 0.3 is 5.97 Å². The van der Waals surface area contributed by atoms with E-state index in [4.69, 9.17) is 4.74 Å². The van der Waals surface area contributed by atoms with E-state index in [1.165, 1.54) is 17.1 Å². The molecule has 0 aliphatic heterocycles. The quantitative estimate of drug-likeness (QED) is 0.474. The Balaban J connectivity index is 2.42. The summed E-state index contributed by atoms with van der Waals surface area (Å²) in [7, 11) is 0. The number of esters is 1. The van der Waals surface area contributed by atoms with Crippen LogP contribution in [0, 0.1) is 17.0 Å². The molecular weight excluding hydrogens is 344 g/mol. The average molecular weight is 355 g/mol. The molecular formula is C12H11BrN4O4. The van der Waals surface area contributed by atoms with Crippen LogP contribution in [-0.4, -0.2) is 32.3 Å². The molecule has 110 valence electrons. The van der Waals surface area contributed by atoms with Gasteiger partial charge in [-0.3, -0.25) is 10.1 Å². The van der Waals surface area contributed by atoms with Crippen LogP contribution in [0.1, 0.15) is 22.8 Å². The molecule has 21 heavy (non-hydrogen) atoms. The molecule has 0 bridgehead atoms. The van der Waals surface area contributed by atoms with E-state index in [9.17, 15) is 14.9 Å². The van der Waals surface area contributed by atoms with Gasteiger partial charge in [-0.05, 0) is 29.8 Å². The monoisotopic (exact) mass is 354 g/mol. The van der Waals surface area contributed by atoms with Crippen LogP contribution >= 0.6 is 15.9 Å². The highest BCUT2D eigenvalue weighted by molar-refractivity contribution is 9.10. The highest BCUT2D eigenvalue weighted by Gasteiger charge is 2.19. The van der Waals surface area contributed by atoms with Gasteiger partial charge in [-0.25, -0.2) is 14.5 Å². The van der Waals surface area contributed by atoms with Gasteiger partial charge < -0.3 is 4.74 Å². The van der Waals surface area contributed by atoms with Crippen molar-refractivity contribution in [3.63, 3.8) is 0 Å². The SMILES string of the molecule is CCOC(=O)c1cnn(-c2ncc([N+](=O)[O-])c(C)c2Br)c1. The maximum atomic E-state index is 11.6. The number of carbonyl (C=O) groups is 1. The van der Waals surface area contributed by atoms with E-state index in [1.807, 2.05) is 0 Å². The number of hydrogen-bond donors (Lipinski definition) is 0. The first kappa shape index (κ1) is 15.1. The molecule has 2 heterocycles. The zero-order chi connectivity index (χ0) is 15.6. The van der Waals surface area contributed by atoms with Crippen molar-refractivity contribution in [3.05, 3.63) is 44.3 Å². The first-order valence-electron chi connectivity index (χ1n) is 5.97. The molecule has 2 aromatic heterocycles. The Bertz CT molecular complexity index is 713. The summed E-state index contributed by atoms with van der Waals surface area (Å²) < 4.78 is 6.66. The largest absolute Gasteiger partial charge is 0.462 e. The van der Waals surface area contributed by atoms with Crippen molar-refractivity contribution < 1.29 is 14.5 Å². The number of aromatic nitrogens is 3. The summed E-state index contributed by atoms with van der Waals surface area (Å²) in [4.78, 5) is 25.9. The third-order valence-electron chi connectivity index (χ3n) is 2.73. The first-order valence-corrected chi connectivity index (χ1v) is 6.76. The number of ether oxygens (including phenoxy) is 1. The highest BCUT2D eigenvalue weighted by Crippen LogP contribution is 2.29. The Hall–Kier alpha value is -2.29. The van der Waals surface area contributed by atoms with Gasteiger partial charge in [0.25, 0.3) is 5.69 Å². The fourth-order valence-corrected chi connectivity index (χ4v) is 2.15. The molecule has 0 unspecified atom stereocenters. The van der Waals surface area contributed by atoms with Crippen molar-refractivity contribution in [3.8, 4) is 5.82 Å². The van der Waals surface area contributed by atoms with E-state index in [2.05, 4.69) is 26.0 Å². The number of nitro groups is 1. The minimum Gasteiger partial charge on any atom is -0.462 e. The van der Waals surface area contributed by atoms with Gasteiger partial charge in [0.2, 0.25) is 0 Å². The van der Waals surface area contributed by atoms with Crippen LogP contribution in [0.2, 0.25) is 0 Å². The summed E-state index contributed by atoms with van der Waals surface area (Å²) in [6.07, 6.45) is 3.96. The maximum Gasteiger partial charge on any atom is 0.341 e. The zero-order valence-corrected chi connectivity index (χ0v) is 12.8. The molecule has 0 aromatic carbocycles. The summed E-state index contributed by atoms with van der Waals surface area (Å²) in [6, 6.07) is 0. The summed E-state index contributed by atoms with van der Waals surface area (Å²) in [6.45, 7) is 3.58. The summed E-state index contributed by atoms with van der Waals surface area (Å²) in [5.74, 6) is -0.132. The van der Waals surface area contributed by atoms with Gasteiger partial charge in [0.05, 0.1) is 27.8 Å². The fraction of sp³-hybridized carbons (Fsp3) is 0.250. The lowest BCUT2D eigenvalue weighted by Gasteiger charge is -2.06. The number of rotatable bonds is 4. The lowest BCUT2D eigenvalue weighted by molar-refractivity contribution is -0.385. The molecule has 0 aliphatic rings. The lowest BCUT2D eigenvalue weighted by atomic mass is 10.2. The predicted molar refractivity (Wildman–Crippen MR) is 76.4 cm³/mol. The second-order valence-electron chi connectivity index (χ2n) is 4.06. The van der Waals surface area contributed by atoms with Crippen molar-refractivity contribution in [1.29, 1.82) is 0 Å². The van der Waals surface area contributed by atoms with Gasteiger partial charge in [0.15, 0.2) is 5.82 Å². The van der Waals surface area contributed by atoms with Gasteiger partial charge in [-0.15, -0.1) is 0 Å². The highest BCUT2D eigenvalue weighted by atomic mass is 79.9. The van der Waals surface area contributed by atoms with E-state index in [-0.39, 0.29) is 17.9 Å². The average Bonchev–Trinajstić information content (AvgIpc) is 2.91. The second kappa shape index (κ2) is 6.00. The molecule has 0 fully saturated rings. The fourth-order valence-electron chi connectivity index (χ4n) is 1.66. The van der Waals surface area contributed by atoms with E-state index in [1.54, 1.807) is 13.8 Å². The van der Waals surface area contributed by atoms with Gasteiger partial charge in [0, 0.05) is 11.8 Å². The van der Waals surface area contributed by atoms with E-state index < -0.39 is 10.9 Å². The van der Waals surface area contributed by atoms with Crippen LogP contribution in [0.5, 0.6) is 0 Å². The molecule has 8 nitrogen and oxygen atoms in total. The second-order valence-corrected chi connectivity index (χ2v) is 4.85. The molecule has 0 saturated heterocycles. The molecule has 0 saturated carbocycles. The molecule has 0 atom stereocenters. The third-order valence-corrected chi connectivity index (χ3v) is 3.68. The topological polar surface area (TPSA) is 100 Å². The maximum absolute atomic E-state index is 11.6. The summed E-state index contributed by atoms with van der Waals surface area (Å²) in [5, 5.41) is 14.9. The van der Waals surface area contributed by atoms with Gasteiger partial charge in [-0.1, -0.05) is 0 Å². The minimum absolute atomic E-state index is 0.0941. The molecule has 0 spiro atoms. The molecule has 0 amide bonds. The standard InChI is InChI=1S/C12H11BrN4O4/c1-3-21-12(18)8-4-15-16(6-8)11-10(13)7(2)9(5-14-11)17(19)20/h4-6H,3H2,1-2H3. The Labute approximate surface area is 128 Å². The van der Waals surface area contributed by atoms with Gasteiger partial charge in [-0.2, -0.15) is 5.10 Å². The van der Waals surface area contributed by atoms with Crippen molar-refractivity contribution in [2.45, 2.75) is 13.8 Å². The number of hydrogen-bond acceptors (Lipinski definition) is 6. The number of nitrogens with zero attached hydrogens (tertiary/aromatic N) is 4. The Kier molecular flexibility index (Phi) is 4.32. The van der Waals surface area contributed by atoms with E-state index in [0.29, 0.717) is 15.9 Å². The van der Waals surface area contributed by atoms with E-state index >= 15 is 0 Å². The molecule has 0 radical (unpaired) electrons. The van der Waals surface area contributed by atoms with E-state index in [0.717, 1.165) is 6.20 Å². The minimum atomic E-state index is -0.510. The Morgan fingerprint density at radius 1 is 1.52 bits per heavy atom. The molecule has 0 aliphatic carbocycles. The number of halogens is 1. The first-order chi connectivity index (χ1) is 9.95. The van der Waals surface area contributed by atoms with Gasteiger partial charge in [0.1, 0.15) is 6.20 Å². The van der Waals surface area contributed by atoms with Crippen LogP contribution < -0.4 is 0 Å². The molecule has 0 N–H and O–H groups in total. The molecule has 2 rings (SSSR count). The Morgan fingerprint density at radius 3 is 2.86 bits per heavy atom. The third kappa shape index (κ3) is 2.92. The Morgan fingerprint density at radius 2 is 2.24 bits per heavy atom. The van der Waals surface area contributed by atoms with Crippen LogP contribution in [0.25, 0.3) is 5.82 Å². The van der Waals surface area contributed by atoms with Crippen LogP contribution in [0.3, 0.4) is 0 Å². The molecule has 9 heteroatoms. The predicted octanol–water partition coefficient (Wildman–Crippen LogP) is 2.42. The van der Waals surface area contributed by atoms with Crippen molar-refractivity contribution >= 4 is 27.6 Å².